The topological polar surface area (TPSA) is 38.8 Å². The molecule has 4 nitrogen and oxygen atoms in total. The first kappa shape index (κ1) is 23.2. The Labute approximate surface area is 187 Å². The average molecular weight is 424 g/mol. The summed E-state index contributed by atoms with van der Waals surface area (Å²) in [6, 6.07) is 18.3. The van der Waals surface area contributed by atoms with Gasteiger partial charge in [-0.15, -0.1) is 0 Å². The van der Waals surface area contributed by atoms with Gasteiger partial charge in [-0.3, -0.25) is 4.79 Å². The van der Waals surface area contributed by atoms with Crippen LogP contribution in [0.5, 0.6) is 11.5 Å². The fourth-order valence-corrected chi connectivity index (χ4v) is 4.18. The summed E-state index contributed by atoms with van der Waals surface area (Å²) in [6.07, 6.45) is 3.72. The molecule has 2 aromatic rings. The maximum absolute atomic E-state index is 13.2. The number of nitrogens with zero attached hydrogens (tertiary/aromatic N) is 1. The van der Waals surface area contributed by atoms with Crippen LogP contribution >= 0.6 is 0 Å². The molecule has 0 saturated carbocycles. The van der Waals surface area contributed by atoms with Crippen LogP contribution in [-0.2, 0) is 11.2 Å². The summed E-state index contributed by atoms with van der Waals surface area (Å²) in [5.41, 5.74) is 1.24. The summed E-state index contributed by atoms with van der Waals surface area (Å²) >= 11 is 0. The maximum atomic E-state index is 13.2. The Hall–Kier alpha value is -2.49. The monoisotopic (exact) mass is 423 g/mol. The Bertz CT molecular complexity index is 820. The van der Waals surface area contributed by atoms with Gasteiger partial charge in [0.1, 0.15) is 17.6 Å². The number of ether oxygens (including phenoxy) is 2. The molecule has 4 heteroatoms. The van der Waals surface area contributed by atoms with Crippen molar-refractivity contribution in [2.75, 3.05) is 13.2 Å². The Balaban J connectivity index is 1.59. The van der Waals surface area contributed by atoms with E-state index in [1.807, 2.05) is 49.4 Å². The van der Waals surface area contributed by atoms with Crippen LogP contribution in [0.25, 0.3) is 0 Å². The Morgan fingerprint density at radius 2 is 1.77 bits per heavy atom. The van der Waals surface area contributed by atoms with E-state index in [1.165, 1.54) is 5.56 Å². The van der Waals surface area contributed by atoms with Crippen LogP contribution in [0.4, 0.5) is 0 Å². The SMILES string of the molecule is CCc1ccccc1OCCC[C@@H]1C[C@H](Oc2ccccc2)CN1C(=O)[C@@H](C)C(C)C. The number of rotatable bonds is 10. The standard InChI is InChI=1S/C27H37NO3/c1-5-22-12-9-10-16-26(22)30-17-11-13-23-18-25(31-24-14-7-6-8-15-24)19-28(23)27(29)21(4)20(2)3/h6-10,12,14-16,20-21,23,25H,5,11,13,17-19H2,1-4H3/t21-,23+,25-/m0/s1. The number of carbonyl (C=O) groups is 1. The van der Waals surface area contributed by atoms with Crippen molar-refractivity contribution in [1.82, 2.24) is 4.90 Å². The number of amides is 1. The lowest BCUT2D eigenvalue weighted by Crippen LogP contribution is -2.41. The molecular weight excluding hydrogens is 386 g/mol. The fraction of sp³-hybridized carbons (Fsp3) is 0.519. The molecule has 0 N–H and O–H groups in total. The molecule has 0 aliphatic carbocycles. The van der Waals surface area contributed by atoms with Gasteiger partial charge in [-0.1, -0.05) is 64.1 Å². The van der Waals surface area contributed by atoms with Crippen molar-refractivity contribution >= 4 is 5.91 Å². The Kier molecular flexibility index (Phi) is 8.39. The van der Waals surface area contributed by atoms with E-state index in [4.69, 9.17) is 9.47 Å². The number of aryl methyl sites for hydroxylation is 1. The van der Waals surface area contributed by atoms with Crippen molar-refractivity contribution in [3.63, 3.8) is 0 Å². The number of para-hydroxylation sites is 2. The Morgan fingerprint density at radius 3 is 2.48 bits per heavy atom. The van der Waals surface area contributed by atoms with Crippen LogP contribution in [0.2, 0.25) is 0 Å². The van der Waals surface area contributed by atoms with Crippen molar-refractivity contribution in [3.05, 3.63) is 60.2 Å². The molecule has 1 fully saturated rings. The second-order valence-corrected chi connectivity index (χ2v) is 8.92. The number of likely N-dealkylation sites (tertiary alicyclic amines) is 1. The third-order valence-corrected chi connectivity index (χ3v) is 6.39. The van der Waals surface area contributed by atoms with E-state index in [2.05, 4.69) is 37.8 Å². The van der Waals surface area contributed by atoms with Gasteiger partial charge in [-0.05, 0) is 48.9 Å². The summed E-state index contributed by atoms with van der Waals surface area (Å²) in [4.78, 5) is 15.2. The van der Waals surface area contributed by atoms with E-state index in [-0.39, 0.29) is 24.0 Å². The van der Waals surface area contributed by atoms with Crippen LogP contribution in [0.15, 0.2) is 54.6 Å². The van der Waals surface area contributed by atoms with Crippen molar-refractivity contribution in [3.8, 4) is 11.5 Å². The zero-order valence-electron chi connectivity index (χ0n) is 19.4. The highest BCUT2D eigenvalue weighted by molar-refractivity contribution is 5.79. The van der Waals surface area contributed by atoms with Crippen LogP contribution < -0.4 is 9.47 Å². The Morgan fingerprint density at radius 1 is 1.06 bits per heavy atom. The highest BCUT2D eigenvalue weighted by Gasteiger charge is 2.38. The smallest absolute Gasteiger partial charge is 0.226 e. The summed E-state index contributed by atoms with van der Waals surface area (Å²) in [7, 11) is 0. The minimum absolute atomic E-state index is 0.0191. The molecule has 1 saturated heterocycles. The van der Waals surface area contributed by atoms with Gasteiger partial charge in [0.25, 0.3) is 0 Å². The van der Waals surface area contributed by atoms with E-state index < -0.39 is 0 Å². The van der Waals surface area contributed by atoms with Crippen molar-refractivity contribution in [2.45, 2.75) is 65.5 Å². The van der Waals surface area contributed by atoms with E-state index in [0.29, 0.717) is 19.1 Å². The molecule has 168 valence electrons. The van der Waals surface area contributed by atoms with Crippen LogP contribution in [-0.4, -0.2) is 36.1 Å². The first-order valence-corrected chi connectivity index (χ1v) is 11.7. The predicted molar refractivity (Wildman–Crippen MR) is 126 cm³/mol. The average Bonchev–Trinajstić information content (AvgIpc) is 3.18. The molecule has 1 aliphatic heterocycles. The van der Waals surface area contributed by atoms with Gasteiger partial charge in [0, 0.05) is 18.4 Å². The molecule has 1 aliphatic rings. The van der Waals surface area contributed by atoms with Gasteiger partial charge in [0.05, 0.1) is 13.2 Å². The van der Waals surface area contributed by atoms with Gasteiger partial charge in [-0.25, -0.2) is 0 Å². The van der Waals surface area contributed by atoms with Gasteiger partial charge in [0.2, 0.25) is 5.91 Å². The molecule has 1 heterocycles. The molecule has 0 radical (unpaired) electrons. The predicted octanol–water partition coefficient (Wildman–Crippen LogP) is 5.75. The zero-order chi connectivity index (χ0) is 22.2. The lowest BCUT2D eigenvalue weighted by atomic mass is 9.96. The van der Waals surface area contributed by atoms with Crippen LogP contribution in [0.3, 0.4) is 0 Å². The van der Waals surface area contributed by atoms with Gasteiger partial charge < -0.3 is 14.4 Å². The number of hydrogen-bond acceptors (Lipinski definition) is 3. The molecule has 3 atom stereocenters. The van der Waals surface area contributed by atoms with E-state index in [0.717, 1.165) is 37.2 Å². The molecule has 1 amide bonds. The van der Waals surface area contributed by atoms with Gasteiger partial charge in [-0.2, -0.15) is 0 Å². The lowest BCUT2D eigenvalue weighted by molar-refractivity contribution is -0.137. The summed E-state index contributed by atoms with van der Waals surface area (Å²) < 4.78 is 12.3. The molecule has 3 rings (SSSR count). The molecule has 0 aromatic heterocycles. The van der Waals surface area contributed by atoms with Crippen molar-refractivity contribution in [2.24, 2.45) is 11.8 Å². The summed E-state index contributed by atoms with van der Waals surface area (Å²) in [6.45, 7) is 9.75. The number of carbonyl (C=O) groups excluding carboxylic acids is 1. The van der Waals surface area contributed by atoms with Gasteiger partial charge >= 0.3 is 0 Å². The summed E-state index contributed by atoms with van der Waals surface area (Å²) in [5, 5.41) is 0. The molecular formula is C27H37NO3. The van der Waals surface area contributed by atoms with Gasteiger partial charge in [0.15, 0.2) is 0 Å². The second kappa shape index (κ2) is 11.2. The van der Waals surface area contributed by atoms with E-state index in [9.17, 15) is 4.79 Å². The van der Waals surface area contributed by atoms with Crippen LogP contribution in [0, 0.1) is 11.8 Å². The second-order valence-electron chi connectivity index (χ2n) is 8.92. The molecule has 0 bridgehead atoms. The minimum Gasteiger partial charge on any atom is -0.493 e. The maximum Gasteiger partial charge on any atom is 0.226 e. The molecule has 0 spiro atoms. The van der Waals surface area contributed by atoms with Crippen molar-refractivity contribution < 1.29 is 14.3 Å². The largest absolute Gasteiger partial charge is 0.493 e. The van der Waals surface area contributed by atoms with Crippen LogP contribution in [0.1, 0.15) is 52.5 Å². The first-order valence-electron chi connectivity index (χ1n) is 11.7. The zero-order valence-corrected chi connectivity index (χ0v) is 19.4. The molecule has 2 aromatic carbocycles. The minimum atomic E-state index is 0.0191. The first-order chi connectivity index (χ1) is 15.0. The fourth-order valence-electron chi connectivity index (χ4n) is 4.18. The lowest BCUT2D eigenvalue weighted by Gasteiger charge is -2.28. The normalized spacial score (nSPS) is 19.5. The summed E-state index contributed by atoms with van der Waals surface area (Å²) in [5.74, 6) is 2.44. The third-order valence-electron chi connectivity index (χ3n) is 6.39. The number of hydrogen-bond donors (Lipinski definition) is 0. The van der Waals surface area contributed by atoms with E-state index in [1.54, 1.807) is 0 Å². The molecule has 0 unspecified atom stereocenters. The quantitative estimate of drug-likeness (QED) is 0.457. The third kappa shape index (κ3) is 6.25. The highest BCUT2D eigenvalue weighted by atomic mass is 16.5. The number of benzene rings is 2. The van der Waals surface area contributed by atoms with Crippen molar-refractivity contribution in [1.29, 1.82) is 0 Å². The highest BCUT2D eigenvalue weighted by Crippen LogP contribution is 2.29. The molecule has 31 heavy (non-hydrogen) atoms. The van der Waals surface area contributed by atoms with E-state index >= 15 is 0 Å².